The van der Waals surface area contributed by atoms with E-state index in [9.17, 15) is 4.79 Å². The van der Waals surface area contributed by atoms with E-state index in [2.05, 4.69) is 0 Å². The van der Waals surface area contributed by atoms with Gasteiger partial charge in [0.25, 0.3) is 0 Å². The second-order valence-corrected chi connectivity index (χ2v) is 4.31. The molecule has 0 aromatic heterocycles. The standard InChI is InChI=1S/C16H16O4/c1-19-14-7-4-8-15(10-14)20-11-13-6-3-2-5-12(13)9-16(17)18/h2-8,10H,9,11H2,1H3,(H,17,18). The number of aliphatic carboxylic acids is 1. The maximum Gasteiger partial charge on any atom is 0.307 e. The molecule has 0 aliphatic carbocycles. The van der Waals surface area contributed by atoms with E-state index in [0.29, 0.717) is 12.4 Å². The Morgan fingerprint density at radius 2 is 1.75 bits per heavy atom. The third kappa shape index (κ3) is 3.75. The number of rotatable bonds is 6. The van der Waals surface area contributed by atoms with Crippen LogP contribution in [-0.2, 0) is 17.8 Å². The van der Waals surface area contributed by atoms with Crippen LogP contribution in [0.2, 0.25) is 0 Å². The summed E-state index contributed by atoms with van der Waals surface area (Å²) in [5, 5.41) is 8.89. The highest BCUT2D eigenvalue weighted by molar-refractivity contribution is 5.70. The van der Waals surface area contributed by atoms with Gasteiger partial charge in [-0.25, -0.2) is 0 Å². The maximum absolute atomic E-state index is 10.8. The molecule has 0 spiro atoms. The molecule has 0 bridgehead atoms. The zero-order valence-electron chi connectivity index (χ0n) is 11.2. The summed E-state index contributed by atoms with van der Waals surface area (Å²) in [4.78, 5) is 10.8. The summed E-state index contributed by atoms with van der Waals surface area (Å²) in [5.41, 5.74) is 1.64. The minimum absolute atomic E-state index is 0.00234. The second kappa shape index (κ2) is 6.61. The molecular formula is C16H16O4. The number of methoxy groups -OCH3 is 1. The normalized spacial score (nSPS) is 10.1. The number of carbonyl (C=O) groups is 1. The van der Waals surface area contributed by atoms with E-state index < -0.39 is 5.97 Å². The highest BCUT2D eigenvalue weighted by atomic mass is 16.5. The molecule has 1 N–H and O–H groups in total. The number of benzene rings is 2. The monoisotopic (exact) mass is 272 g/mol. The number of ether oxygens (including phenoxy) is 2. The van der Waals surface area contributed by atoms with Crippen molar-refractivity contribution in [1.82, 2.24) is 0 Å². The van der Waals surface area contributed by atoms with Crippen LogP contribution in [-0.4, -0.2) is 18.2 Å². The minimum Gasteiger partial charge on any atom is -0.497 e. The Hall–Kier alpha value is -2.49. The van der Waals surface area contributed by atoms with Crippen LogP contribution in [0.4, 0.5) is 0 Å². The zero-order valence-corrected chi connectivity index (χ0v) is 11.2. The van der Waals surface area contributed by atoms with E-state index >= 15 is 0 Å². The zero-order chi connectivity index (χ0) is 14.4. The lowest BCUT2D eigenvalue weighted by Gasteiger charge is -2.10. The summed E-state index contributed by atoms with van der Waals surface area (Å²) >= 11 is 0. The molecule has 2 aromatic carbocycles. The summed E-state index contributed by atoms with van der Waals surface area (Å²) in [7, 11) is 1.60. The molecule has 0 aliphatic heterocycles. The Morgan fingerprint density at radius 1 is 1.05 bits per heavy atom. The fourth-order valence-electron chi connectivity index (χ4n) is 1.89. The molecule has 104 valence electrons. The van der Waals surface area contributed by atoms with E-state index in [4.69, 9.17) is 14.6 Å². The van der Waals surface area contributed by atoms with Gasteiger partial charge in [-0.3, -0.25) is 4.79 Å². The van der Waals surface area contributed by atoms with Crippen molar-refractivity contribution in [3.63, 3.8) is 0 Å². The molecular weight excluding hydrogens is 256 g/mol. The van der Waals surface area contributed by atoms with Crippen LogP contribution in [0.3, 0.4) is 0 Å². The Bertz CT molecular complexity index is 593. The largest absolute Gasteiger partial charge is 0.497 e. The Labute approximate surface area is 117 Å². The van der Waals surface area contributed by atoms with Crippen LogP contribution in [0.25, 0.3) is 0 Å². The van der Waals surface area contributed by atoms with Gasteiger partial charge in [-0.1, -0.05) is 30.3 Å². The number of carboxylic acids is 1. The van der Waals surface area contributed by atoms with Gasteiger partial charge in [0.05, 0.1) is 13.5 Å². The van der Waals surface area contributed by atoms with Crippen molar-refractivity contribution in [2.24, 2.45) is 0 Å². The van der Waals surface area contributed by atoms with Gasteiger partial charge in [-0.15, -0.1) is 0 Å². The van der Waals surface area contributed by atoms with Gasteiger partial charge in [-0.05, 0) is 23.3 Å². The topological polar surface area (TPSA) is 55.8 Å². The molecule has 20 heavy (non-hydrogen) atoms. The first-order valence-corrected chi connectivity index (χ1v) is 6.24. The van der Waals surface area contributed by atoms with Gasteiger partial charge in [0.1, 0.15) is 18.1 Å². The van der Waals surface area contributed by atoms with Crippen molar-refractivity contribution in [1.29, 1.82) is 0 Å². The van der Waals surface area contributed by atoms with Crippen LogP contribution in [0.15, 0.2) is 48.5 Å². The smallest absolute Gasteiger partial charge is 0.307 e. The second-order valence-electron chi connectivity index (χ2n) is 4.31. The maximum atomic E-state index is 10.8. The summed E-state index contributed by atoms with van der Waals surface area (Å²) in [6.07, 6.45) is -0.00234. The highest BCUT2D eigenvalue weighted by Gasteiger charge is 2.07. The first kappa shape index (κ1) is 13.9. The fourth-order valence-corrected chi connectivity index (χ4v) is 1.89. The van der Waals surface area contributed by atoms with Crippen LogP contribution in [0, 0.1) is 0 Å². The van der Waals surface area contributed by atoms with Crippen molar-refractivity contribution >= 4 is 5.97 Å². The van der Waals surface area contributed by atoms with Crippen LogP contribution in [0.5, 0.6) is 11.5 Å². The van der Waals surface area contributed by atoms with Crippen molar-refractivity contribution in [3.8, 4) is 11.5 Å². The van der Waals surface area contributed by atoms with Crippen LogP contribution < -0.4 is 9.47 Å². The third-order valence-electron chi connectivity index (χ3n) is 2.90. The molecule has 0 fully saturated rings. The number of hydrogen-bond acceptors (Lipinski definition) is 3. The molecule has 0 saturated heterocycles. The predicted octanol–water partition coefficient (Wildman–Crippen LogP) is 2.90. The summed E-state index contributed by atoms with van der Waals surface area (Å²) < 4.78 is 10.8. The molecule has 2 aromatic rings. The van der Waals surface area contributed by atoms with Crippen molar-refractivity contribution in [3.05, 3.63) is 59.7 Å². The van der Waals surface area contributed by atoms with Gasteiger partial charge in [0.2, 0.25) is 0 Å². The Balaban J connectivity index is 2.08. The summed E-state index contributed by atoms with van der Waals surface area (Å²) in [6, 6.07) is 14.7. The Morgan fingerprint density at radius 3 is 2.45 bits per heavy atom. The summed E-state index contributed by atoms with van der Waals surface area (Å²) in [6.45, 7) is 0.330. The number of hydrogen-bond donors (Lipinski definition) is 1. The molecule has 0 heterocycles. The van der Waals surface area contributed by atoms with E-state index in [1.165, 1.54) is 0 Å². The molecule has 0 amide bonds. The molecule has 0 aliphatic rings. The van der Waals surface area contributed by atoms with Crippen LogP contribution in [0.1, 0.15) is 11.1 Å². The average Bonchev–Trinajstić information content (AvgIpc) is 2.46. The predicted molar refractivity (Wildman–Crippen MR) is 75.1 cm³/mol. The van der Waals surface area contributed by atoms with E-state index in [1.807, 2.05) is 36.4 Å². The Kier molecular flexibility index (Phi) is 4.60. The lowest BCUT2D eigenvalue weighted by Crippen LogP contribution is -2.05. The molecule has 0 saturated carbocycles. The van der Waals surface area contributed by atoms with Gasteiger partial charge >= 0.3 is 5.97 Å². The van der Waals surface area contributed by atoms with E-state index in [-0.39, 0.29) is 6.42 Å². The molecule has 0 radical (unpaired) electrons. The van der Waals surface area contributed by atoms with E-state index in [0.717, 1.165) is 16.9 Å². The first-order valence-electron chi connectivity index (χ1n) is 6.24. The highest BCUT2D eigenvalue weighted by Crippen LogP contribution is 2.20. The van der Waals surface area contributed by atoms with Crippen LogP contribution >= 0.6 is 0 Å². The first-order chi connectivity index (χ1) is 9.69. The van der Waals surface area contributed by atoms with Gasteiger partial charge in [-0.2, -0.15) is 0 Å². The molecule has 0 atom stereocenters. The third-order valence-corrected chi connectivity index (χ3v) is 2.90. The number of carboxylic acid groups (broad SMARTS) is 1. The lowest BCUT2D eigenvalue weighted by molar-refractivity contribution is -0.136. The van der Waals surface area contributed by atoms with E-state index in [1.54, 1.807) is 19.2 Å². The van der Waals surface area contributed by atoms with Gasteiger partial charge < -0.3 is 14.6 Å². The molecule has 2 rings (SSSR count). The fraction of sp³-hybridized carbons (Fsp3) is 0.188. The SMILES string of the molecule is COc1cccc(OCc2ccccc2CC(=O)O)c1. The lowest BCUT2D eigenvalue weighted by atomic mass is 10.1. The molecule has 0 unspecified atom stereocenters. The summed E-state index contributed by atoms with van der Waals surface area (Å²) in [5.74, 6) is 0.564. The van der Waals surface area contributed by atoms with Gasteiger partial charge in [0, 0.05) is 6.07 Å². The van der Waals surface area contributed by atoms with Crippen molar-refractivity contribution < 1.29 is 19.4 Å². The van der Waals surface area contributed by atoms with Gasteiger partial charge in [0.15, 0.2) is 0 Å². The molecule has 4 nitrogen and oxygen atoms in total. The van der Waals surface area contributed by atoms with Crippen molar-refractivity contribution in [2.75, 3.05) is 7.11 Å². The van der Waals surface area contributed by atoms with Crippen molar-refractivity contribution in [2.45, 2.75) is 13.0 Å². The average molecular weight is 272 g/mol. The minimum atomic E-state index is -0.848. The quantitative estimate of drug-likeness (QED) is 0.878. The molecule has 4 heteroatoms.